The fourth-order valence-electron chi connectivity index (χ4n) is 2.13. The third kappa shape index (κ3) is 3.28. The monoisotopic (exact) mass is 185 g/mol. The average molecular weight is 185 g/mol. The fourth-order valence-corrected chi connectivity index (χ4v) is 2.13. The lowest BCUT2D eigenvalue weighted by atomic mass is 9.93. The Morgan fingerprint density at radius 3 is 2.69 bits per heavy atom. The summed E-state index contributed by atoms with van der Waals surface area (Å²) in [6.45, 7) is 8.67. The average Bonchev–Trinajstić information content (AvgIpc) is 2.09. The summed E-state index contributed by atoms with van der Waals surface area (Å²) in [5, 5.41) is 9.55. The molecule has 0 bridgehead atoms. The van der Waals surface area contributed by atoms with E-state index in [4.69, 9.17) is 0 Å². The molecule has 78 valence electrons. The minimum atomic E-state index is -0.129. The smallest absolute Gasteiger partial charge is 0.0664 e. The molecule has 1 fully saturated rings. The molecule has 1 N–H and O–H groups in total. The van der Waals surface area contributed by atoms with Crippen LogP contribution in [0, 0.1) is 5.92 Å². The van der Waals surface area contributed by atoms with Crippen LogP contribution in [0.2, 0.25) is 0 Å². The summed E-state index contributed by atoms with van der Waals surface area (Å²) < 4.78 is 0. The second kappa shape index (κ2) is 4.97. The van der Waals surface area contributed by atoms with Crippen LogP contribution >= 0.6 is 0 Å². The normalized spacial score (nSPS) is 33.2. The van der Waals surface area contributed by atoms with Gasteiger partial charge in [-0.15, -0.1) is 0 Å². The number of piperidine rings is 1. The van der Waals surface area contributed by atoms with E-state index in [2.05, 4.69) is 18.7 Å². The first kappa shape index (κ1) is 11.0. The Bertz CT molecular complexity index is 149. The summed E-state index contributed by atoms with van der Waals surface area (Å²) in [5.74, 6) is 0.866. The van der Waals surface area contributed by atoms with Gasteiger partial charge in [0.15, 0.2) is 0 Å². The van der Waals surface area contributed by atoms with E-state index in [1.807, 2.05) is 6.92 Å². The molecule has 2 nitrogen and oxygen atoms in total. The highest BCUT2D eigenvalue weighted by atomic mass is 16.3. The molecule has 1 aliphatic rings. The van der Waals surface area contributed by atoms with Crippen molar-refractivity contribution < 1.29 is 5.11 Å². The topological polar surface area (TPSA) is 23.5 Å². The van der Waals surface area contributed by atoms with E-state index < -0.39 is 0 Å². The Labute approximate surface area is 81.9 Å². The maximum absolute atomic E-state index is 9.55. The van der Waals surface area contributed by atoms with Crippen LogP contribution < -0.4 is 0 Å². The van der Waals surface area contributed by atoms with Crippen molar-refractivity contribution in [2.75, 3.05) is 13.1 Å². The first-order valence-electron chi connectivity index (χ1n) is 5.55. The molecule has 0 radical (unpaired) electrons. The van der Waals surface area contributed by atoms with Crippen molar-refractivity contribution in [3.05, 3.63) is 0 Å². The van der Waals surface area contributed by atoms with E-state index in [0.29, 0.717) is 6.04 Å². The van der Waals surface area contributed by atoms with E-state index in [9.17, 15) is 5.11 Å². The van der Waals surface area contributed by atoms with Gasteiger partial charge in [-0.1, -0.05) is 13.8 Å². The summed E-state index contributed by atoms with van der Waals surface area (Å²) in [4.78, 5) is 2.42. The van der Waals surface area contributed by atoms with E-state index in [0.717, 1.165) is 18.9 Å². The molecule has 1 aliphatic heterocycles. The van der Waals surface area contributed by atoms with Gasteiger partial charge in [-0.25, -0.2) is 0 Å². The molecule has 0 amide bonds. The van der Waals surface area contributed by atoms with Crippen LogP contribution in [-0.4, -0.2) is 35.2 Å². The van der Waals surface area contributed by atoms with Crippen LogP contribution in [0.25, 0.3) is 0 Å². The zero-order valence-electron chi connectivity index (χ0n) is 9.16. The van der Waals surface area contributed by atoms with Crippen LogP contribution in [0.1, 0.15) is 40.0 Å². The molecule has 0 aromatic heterocycles. The molecule has 0 aliphatic carbocycles. The Balaban J connectivity index is 2.33. The Morgan fingerprint density at radius 1 is 1.46 bits per heavy atom. The molecule has 0 spiro atoms. The van der Waals surface area contributed by atoms with E-state index in [1.54, 1.807) is 0 Å². The SMILES string of the molecule is CC[C@H](O)CN1CC[C@H](C)C[C@@H]1C. The van der Waals surface area contributed by atoms with Gasteiger partial charge in [-0.3, -0.25) is 4.90 Å². The van der Waals surface area contributed by atoms with Crippen molar-refractivity contribution in [3.8, 4) is 0 Å². The van der Waals surface area contributed by atoms with E-state index >= 15 is 0 Å². The van der Waals surface area contributed by atoms with Crippen molar-refractivity contribution in [3.63, 3.8) is 0 Å². The van der Waals surface area contributed by atoms with Crippen molar-refractivity contribution >= 4 is 0 Å². The third-order valence-electron chi connectivity index (χ3n) is 3.19. The van der Waals surface area contributed by atoms with Crippen LogP contribution in [-0.2, 0) is 0 Å². The molecule has 0 aromatic carbocycles. The summed E-state index contributed by atoms with van der Waals surface area (Å²) in [7, 11) is 0. The predicted octanol–water partition coefficient (Wildman–Crippen LogP) is 1.88. The molecule has 3 atom stereocenters. The summed E-state index contributed by atoms with van der Waals surface area (Å²) in [6.07, 6.45) is 3.33. The second-order valence-corrected chi connectivity index (χ2v) is 4.54. The fraction of sp³-hybridized carbons (Fsp3) is 1.00. The summed E-state index contributed by atoms with van der Waals surface area (Å²) in [5.41, 5.74) is 0. The van der Waals surface area contributed by atoms with Gasteiger partial charge in [0.2, 0.25) is 0 Å². The van der Waals surface area contributed by atoms with Gasteiger partial charge in [0.05, 0.1) is 6.10 Å². The molecule has 2 heteroatoms. The van der Waals surface area contributed by atoms with Gasteiger partial charge in [0, 0.05) is 12.6 Å². The molecule has 1 saturated heterocycles. The van der Waals surface area contributed by atoms with Crippen LogP contribution in [0.5, 0.6) is 0 Å². The second-order valence-electron chi connectivity index (χ2n) is 4.54. The zero-order valence-corrected chi connectivity index (χ0v) is 9.16. The Kier molecular flexibility index (Phi) is 4.20. The zero-order chi connectivity index (χ0) is 9.84. The lowest BCUT2D eigenvalue weighted by molar-refractivity contribution is 0.0588. The molecule has 13 heavy (non-hydrogen) atoms. The van der Waals surface area contributed by atoms with Gasteiger partial charge in [0.1, 0.15) is 0 Å². The standard InChI is InChI=1S/C11H23NO/c1-4-11(13)8-12-6-5-9(2)7-10(12)3/h9-11,13H,4-8H2,1-3H3/t9-,10-,11-/m0/s1. The summed E-state index contributed by atoms with van der Waals surface area (Å²) in [6, 6.07) is 0.657. The molecular formula is C11H23NO. The number of aliphatic hydroxyl groups excluding tert-OH is 1. The number of likely N-dealkylation sites (tertiary alicyclic amines) is 1. The largest absolute Gasteiger partial charge is 0.392 e. The van der Waals surface area contributed by atoms with Crippen LogP contribution in [0.4, 0.5) is 0 Å². The minimum absolute atomic E-state index is 0.129. The highest BCUT2D eigenvalue weighted by molar-refractivity contribution is 4.78. The van der Waals surface area contributed by atoms with Crippen molar-refractivity contribution in [2.45, 2.75) is 52.2 Å². The van der Waals surface area contributed by atoms with Crippen molar-refractivity contribution in [1.29, 1.82) is 0 Å². The van der Waals surface area contributed by atoms with Crippen molar-refractivity contribution in [2.24, 2.45) is 5.92 Å². The molecular weight excluding hydrogens is 162 g/mol. The first-order chi connectivity index (χ1) is 6.13. The van der Waals surface area contributed by atoms with Gasteiger partial charge < -0.3 is 5.11 Å². The molecule has 0 unspecified atom stereocenters. The molecule has 0 aromatic rings. The molecule has 0 saturated carbocycles. The predicted molar refractivity (Wildman–Crippen MR) is 55.7 cm³/mol. The minimum Gasteiger partial charge on any atom is -0.392 e. The Morgan fingerprint density at radius 2 is 2.15 bits per heavy atom. The van der Waals surface area contributed by atoms with Crippen LogP contribution in [0.15, 0.2) is 0 Å². The number of hydrogen-bond acceptors (Lipinski definition) is 2. The third-order valence-corrected chi connectivity index (χ3v) is 3.19. The Hall–Kier alpha value is -0.0800. The van der Waals surface area contributed by atoms with Crippen molar-refractivity contribution in [1.82, 2.24) is 4.90 Å². The van der Waals surface area contributed by atoms with Gasteiger partial charge in [-0.05, 0) is 38.6 Å². The van der Waals surface area contributed by atoms with E-state index in [1.165, 1.54) is 19.4 Å². The van der Waals surface area contributed by atoms with Gasteiger partial charge >= 0.3 is 0 Å². The number of nitrogens with zero attached hydrogens (tertiary/aromatic N) is 1. The lowest BCUT2D eigenvalue weighted by Gasteiger charge is -2.37. The maximum Gasteiger partial charge on any atom is 0.0664 e. The quantitative estimate of drug-likeness (QED) is 0.725. The van der Waals surface area contributed by atoms with Gasteiger partial charge in [0.25, 0.3) is 0 Å². The van der Waals surface area contributed by atoms with E-state index in [-0.39, 0.29) is 6.10 Å². The number of β-amino-alcohol motifs (C(OH)–C–C–N with tert-alkyl or cyclic N) is 1. The maximum atomic E-state index is 9.55. The highest BCUT2D eigenvalue weighted by Gasteiger charge is 2.23. The van der Waals surface area contributed by atoms with Gasteiger partial charge in [-0.2, -0.15) is 0 Å². The van der Waals surface area contributed by atoms with Crippen LogP contribution in [0.3, 0.4) is 0 Å². The first-order valence-corrected chi connectivity index (χ1v) is 5.55. The highest BCUT2D eigenvalue weighted by Crippen LogP contribution is 2.22. The number of aliphatic hydroxyl groups is 1. The molecule has 1 heterocycles. The summed E-state index contributed by atoms with van der Waals surface area (Å²) >= 11 is 0. The number of hydrogen-bond donors (Lipinski definition) is 1. The molecule has 1 rings (SSSR count). The lowest BCUT2D eigenvalue weighted by Crippen LogP contribution is -2.44. The number of rotatable bonds is 3.